The number of ether oxygens (including phenoxy) is 2. The Hall–Kier alpha value is -0.900. The summed E-state index contributed by atoms with van der Waals surface area (Å²) in [6, 6.07) is 0. The summed E-state index contributed by atoms with van der Waals surface area (Å²) in [6.45, 7) is 6.07. The van der Waals surface area contributed by atoms with Crippen LogP contribution in [0.2, 0.25) is 0 Å². The van der Waals surface area contributed by atoms with Crippen LogP contribution in [0.5, 0.6) is 0 Å². The first-order valence-electron chi connectivity index (χ1n) is 7.65. The van der Waals surface area contributed by atoms with E-state index in [-0.39, 0.29) is 12.8 Å². The van der Waals surface area contributed by atoms with Gasteiger partial charge in [-0.2, -0.15) is 0 Å². The number of aliphatic hydroxyl groups is 4. The minimum Gasteiger partial charge on any atom is -0.391 e. The van der Waals surface area contributed by atoms with Gasteiger partial charge in [0.15, 0.2) is 0 Å². The minimum atomic E-state index is -1.05. The van der Waals surface area contributed by atoms with E-state index in [1.54, 1.807) is 13.8 Å². The molecule has 0 heterocycles. The van der Waals surface area contributed by atoms with Gasteiger partial charge in [-0.15, -0.1) is 0 Å². The molecule has 0 rings (SSSR count). The first-order chi connectivity index (χ1) is 11.0. The number of methoxy groups -OCH3 is 2. The Kier molecular flexibility index (Phi) is 12.3. The van der Waals surface area contributed by atoms with Crippen molar-refractivity contribution in [2.75, 3.05) is 14.2 Å². The molecule has 8 heteroatoms. The van der Waals surface area contributed by atoms with Gasteiger partial charge in [0.2, 0.25) is 0 Å². The standard InChI is InChI=1S/2C8H16O4/c2*1-6(10)7(11)8(2,12-3)4-5-9/h2*5-7,10-11H,4H2,1-3H3/t2*6-,7-,8+/m00/s1. The van der Waals surface area contributed by atoms with Crippen molar-refractivity contribution in [1.29, 1.82) is 0 Å². The number of carbonyl (C=O) groups excluding carboxylic acids is 2. The lowest BCUT2D eigenvalue weighted by Crippen LogP contribution is -2.47. The van der Waals surface area contributed by atoms with Gasteiger partial charge in [0, 0.05) is 27.1 Å². The van der Waals surface area contributed by atoms with Gasteiger partial charge in [-0.25, -0.2) is 0 Å². The van der Waals surface area contributed by atoms with Gasteiger partial charge in [0.05, 0.1) is 23.4 Å². The molecule has 4 N–H and O–H groups in total. The van der Waals surface area contributed by atoms with E-state index in [1.165, 1.54) is 28.1 Å². The Balaban J connectivity index is 0. The molecule has 0 saturated carbocycles. The summed E-state index contributed by atoms with van der Waals surface area (Å²) in [5.41, 5.74) is -1.98. The maximum absolute atomic E-state index is 10.2. The van der Waals surface area contributed by atoms with E-state index >= 15 is 0 Å². The lowest BCUT2D eigenvalue weighted by atomic mass is 9.92. The van der Waals surface area contributed by atoms with Crippen molar-refractivity contribution in [2.24, 2.45) is 0 Å². The van der Waals surface area contributed by atoms with Crippen molar-refractivity contribution in [3.63, 3.8) is 0 Å². The molecule has 0 amide bonds. The highest BCUT2D eigenvalue weighted by Crippen LogP contribution is 2.21. The molecule has 6 atom stereocenters. The number of hydrogen-bond acceptors (Lipinski definition) is 8. The van der Waals surface area contributed by atoms with Crippen LogP contribution in [0.25, 0.3) is 0 Å². The molecule has 0 aliphatic heterocycles. The average molecular weight is 352 g/mol. The average Bonchev–Trinajstić information content (AvgIpc) is 2.53. The fraction of sp³-hybridized carbons (Fsp3) is 0.875. The molecule has 0 radical (unpaired) electrons. The highest BCUT2D eigenvalue weighted by atomic mass is 16.5. The van der Waals surface area contributed by atoms with Crippen molar-refractivity contribution in [2.45, 2.75) is 76.2 Å². The highest BCUT2D eigenvalue weighted by Gasteiger charge is 2.36. The molecule has 0 aromatic carbocycles. The third kappa shape index (κ3) is 7.78. The SMILES string of the molecule is CO[C@](C)(CC=O)[C@@H](O)[C@H](C)O.CO[C@](C)(CC=O)[C@@H](O)[C@H](C)O. The molecular weight excluding hydrogens is 320 g/mol. The fourth-order valence-electron chi connectivity index (χ4n) is 2.00. The summed E-state index contributed by atoms with van der Waals surface area (Å²) in [6.07, 6.45) is -2.46. The molecule has 0 aromatic heterocycles. The first kappa shape index (κ1) is 25.3. The molecule has 0 aliphatic carbocycles. The van der Waals surface area contributed by atoms with Gasteiger partial charge in [-0.3, -0.25) is 0 Å². The van der Waals surface area contributed by atoms with E-state index in [1.807, 2.05) is 0 Å². The monoisotopic (exact) mass is 352 g/mol. The molecule has 24 heavy (non-hydrogen) atoms. The smallest absolute Gasteiger partial charge is 0.122 e. The summed E-state index contributed by atoms with van der Waals surface area (Å²) in [4.78, 5) is 20.5. The molecule has 0 saturated heterocycles. The zero-order chi connectivity index (χ0) is 19.6. The van der Waals surface area contributed by atoms with Crippen LogP contribution in [0.3, 0.4) is 0 Å². The molecular formula is C16H32O8. The van der Waals surface area contributed by atoms with E-state index in [0.717, 1.165) is 0 Å². The number of aldehydes is 2. The lowest BCUT2D eigenvalue weighted by molar-refractivity contribution is -0.141. The predicted molar refractivity (Wildman–Crippen MR) is 87.6 cm³/mol. The Labute approximate surface area is 143 Å². The second-order valence-electron chi connectivity index (χ2n) is 6.15. The van der Waals surface area contributed by atoms with Crippen molar-refractivity contribution in [3.05, 3.63) is 0 Å². The van der Waals surface area contributed by atoms with Crippen LogP contribution < -0.4 is 0 Å². The summed E-state index contributed by atoms with van der Waals surface area (Å²) in [5, 5.41) is 37.0. The molecule has 0 bridgehead atoms. The number of rotatable bonds is 10. The number of hydrogen-bond donors (Lipinski definition) is 4. The maximum Gasteiger partial charge on any atom is 0.122 e. The van der Waals surface area contributed by atoms with Crippen LogP contribution in [-0.2, 0) is 19.1 Å². The van der Waals surface area contributed by atoms with Crippen molar-refractivity contribution in [1.82, 2.24) is 0 Å². The van der Waals surface area contributed by atoms with Crippen LogP contribution in [0, 0.1) is 0 Å². The first-order valence-corrected chi connectivity index (χ1v) is 7.65. The van der Waals surface area contributed by atoms with E-state index < -0.39 is 35.6 Å². The van der Waals surface area contributed by atoms with Gasteiger partial charge >= 0.3 is 0 Å². The fourth-order valence-corrected chi connectivity index (χ4v) is 2.00. The van der Waals surface area contributed by atoms with Crippen LogP contribution in [-0.4, -0.2) is 82.8 Å². The zero-order valence-electron chi connectivity index (χ0n) is 15.3. The van der Waals surface area contributed by atoms with E-state index in [2.05, 4.69) is 0 Å². The topological polar surface area (TPSA) is 134 Å². The number of carbonyl (C=O) groups is 2. The van der Waals surface area contributed by atoms with Crippen molar-refractivity contribution < 1.29 is 39.5 Å². The highest BCUT2D eigenvalue weighted by molar-refractivity contribution is 5.51. The summed E-state index contributed by atoms with van der Waals surface area (Å²) < 4.78 is 9.92. The summed E-state index contributed by atoms with van der Waals surface area (Å²) in [7, 11) is 2.80. The van der Waals surface area contributed by atoms with Gasteiger partial charge in [0.1, 0.15) is 24.8 Å². The molecule has 144 valence electrons. The second kappa shape index (κ2) is 11.6. The molecule has 0 fully saturated rings. The van der Waals surface area contributed by atoms with Gasteiger partial charge in [-0.05, 0) is 27.7 Å². The van der Waals surface area contributed by atoms with E-state index in [0.29, 0.717) is 12.6 Å². The summed E-state index contributed by atoms with van der Waals surface area (Å²) >= 11 is 0. The maximum atomic E-state index is 10.2. The third-order valence-electron chi connectivity index (χ3n) is 4.08. The van der Waals surface area contributed by atoms with Crippen molar-refractivity contribution >= 4 is 12.6 Å². The van der Waals surface area contributed by atoms with Crippen LogP contribution >= 0.6 is 0 Å². The number of aliphatic hydroxyl groups excluding tert-OH is 4. The van der Waals surface area contributed by atoms with Gasteiger partial charge in [0.25, 0.3) is 0 Å². The van der Waals surface area contributed by atoms with Crippen LogP contribution in [0.4, 0.5) is 0 Å². The quantitative estimate of drug-likeness (QED) is 0.385. The second-order valence-corrected chi connectivity index (χ2v) is 6.15. The van der Waals surface area contributed by atoms with Crippen LogP contribution in [0.15, 0.2) is 0 Å². The minimum absolute atomic E-state index is 0.0650. The Morgan fingerprint density at radius 1 is 0.792 bits per heavy atom. The van der Waals surface area contributed by atoms with E-state index in [9.17, 15) is 19.8 Å². The molecule has 0 unspecified atom stereocenters. The summed E-state index contributed by atoms with van der Waals surface area (Å²) in [5.74, 6) is 0. The third-order valence-corrected chi connectivity index (χ3v) is 4.08. The molecule has 0 spiro atoms. The molecule has 0 aromatic rings. The van der Waals surface area contributed by atoms with Gasteiger partial charge in [-0.1, -0.05) is 0 Å². The Morgan fingerprint density at radius 3 is 1.17 bits per heavy atom. The van der Waals surface area contributed by atoms with Gasteiger partial charge < -0.3 is 39.5 Å². The predicted octanol–water partition coefficient (Wildman–Crippen LogP) is -0.556. The largest absolute Gasteiger partial charge is 0.391 e. The Morgan fingerprint density at radius 2 is 1.04 bits per heavy atom. The zero-order valence-corrected chi connectivity index (χ0v) is 15.3. The molecule has 0 aliphatic rings. The Bertz CT molecular complexity index is 326. The van der Waals surface area contributed by atoms with E-state index in [4.69, 9.17) is 19.7 Å². The lowest BCUT2D eigenvalue weighted by Gasteiger charge is -2.33. The van der Waals surface area contributed by atoms with Crippen molar-refractivity contribution in [3.8, 4) is 0 Å². The van der Waals surface area contributed by atoms with Crippen LogP contribution in [0.1, 0.15) is 40.5 Å². The molecule has 8 nitrogen and oxygen atoms in total. The normalized spacial score (nSPS) is 21.1.